The zero-order valence-corrected chi connectivity index (χ0v) is 10.3. The molecule has 0 saturated carbocycles. The average molecular weight is 247 g/mol. The summed E-state index contributed by atoms with van der Waals surface area (Å²) in [7, 11) is 0. The zero-order chi connectivity index (χ0) is 13.0. The van der Waals surface area contributed by atoms with Crippen LogP contribution in [-0.4, -0.2) is 24.4 Å². The lowest BCUT2D eigenvalue weighted by molar-refractivity contribution is -0.123. The third-order valence-electron chi connectivity index (χ3n) is 3.07. The quantitative estimate of drug-likeness (QED) is 0.667. The Hall–Kier alpha value is -1.88. The van der Waals surface area contributed by atoms with Crippen LogP contribution < -0.4 is 16.2 Å². The predicted molar refractivity (Wildman–Crippen MR) is 67.8 cm³/mol. The van der Waals surface area contributed by atoms with E-state index in [1.54, 1.807) is 12.1 Å². The zero-order valence-electron chi connectivity index (χ0n) is 10.3. The van der Waals surface area contributed by atoms with Crippen LogP contribution in [0.15, 0.2) is 24.3 Å². The molecule has 0 bridgehead atoms. The molecule has 1 unspecified atom stereocenters. The molecule has 1 aliphatic rings. The van der Waals surface area contributed by atoms with Crippen molar-refractivity contribution >= 4 is 11.8 Å². The van der Waals surface area contributed by atoms with E-state index in [0.717, 1.165) is 24.9 Å². The minimum Gasteiger partial charge on any atom is -0.306 e. The van der Waals surface area contributed by atoms with Crippen LogP contribution in [0.1, 0.15) is 28.8 Å². The van der Waals surface area contributed by atoms with Gasteiger partial charge in [-0.15, -0.1) is 0 Å². The van der Waals surface area contributed by atoms with Gasteiger partial charge in [0.25, 0.3) is 11.8 Å². The maximum Gasteiger partial charge on any atom is 0.269 e. The van der Waals surface area contributed by atoms with Gasteiger partial charge < -0.3 is 5.32 Å². The second kappa shape index (κ2) is 5.64. The van der Waals surface area contributed by atoms with E-state index in [-0.39, 0.29) is 17.9 Å². The highest BCUT2D eigenvalue weighted by Gasteiger charge is 2.22. The molecule has 1 aromatic rings. The summed E-state index contributed by atoms with van der Waals surface area (Å²) in [5.41, 5.74) is 6.33. The summed E-state index contributed by atoms with van der Waals surface area (Å²) >= 11 is 0. The SMILES string of the molecule is Cc1ccccc1C(=O)NNC(=O)C1CCCN1. The summed E-state index contributed by atoms with van der Waals surface area (Å²) in [5, 5.41) is 3.07. The molecule has 0 aliphatic carbocycles. The standard InChI is InChI=1S/C13H17N3O2/c1-9-5-2-3-6-10(9)12(17)15-16-13(18)11-7-4-8-14-11/h2-3,5-6,11,14H,4,7-8H2,1H3,(H,15,17)(H,16,18). The highest BCUT2D eigenvalue weighted by atomic mass is 16.2. The highest BCUT2D eigenvalue weighted by Crippen LogP contribution is 2.06. The van der Waals surface area contributed by atoms with Gasteiger partial charge in [0.1, 0.15) is 0 Å². The van der Waals surface area contributed by atoms with E-state index in [9.17, 15) is 9.59 Å². The van der Waals surface area contributed by atoms with Gasteiger partial charge in [0.15, 0.2) is 0 Å². The molecule has 96 valence electrons. The second-order valence-corrected chi connectivity index (χ2v) is 4.41. The van der Waals surface area contributed by atoms with E-state index < -0.39 is 0 Å². The van der Waals surface area contributed by atoms with E-state index in [1.807, 2.05) is 19.1 Å². The lowest BCUT2D eigenvalue weighted by Gasteiger charge is -2.12. The van der Waals surface area contributed by atoms with Gasteiger partial charge in [-0.05, 0) is 37.9 Å². The van der Waals surface area contributed by atoms with Crippen molar-refractivity contribution in [2.75, 3.05) is 6.54 Å². The minimum absolute atomic E-state index is 0.186. The number of rotatable bonds is 2. The molecule has 0 radical (unpaired) electrons. The van der Waals surface area contributed by atoms with Crippen LogP contribution in [0.2, 0.25) is 0 Å². The molecule has 1 aliphatic heterocycles. The lowest BCUT2D eigenvalue weighted by Crippen LogP contribution is -2.49. The Morgan fingerprint density at radius 2 is 2.06 bits per heavy atom. The van der Waals surface area contributed by atoms with E-state index >= 15 is 0 Å². The predicted octanol–water partition coefficient (Wildman–Crippen LogP) is 0.508. The number of amides is 2. The summed E-state index contributed by atoms with van der Waals surface area (Å²) in [4.78, 5) is 23.5. The first-order valence-electron chi connectivity index (χ1n) is 6.07. The fourth-order valence-corrected chi connectivity index (χ4v) is 2.01. The molecule has 18 heavy (non-hydrogen) atoms. The molecule has 2 rings (SSSR count). The van der Waals surface area contributed by atoms with E-state index in [4.69, 9.17) is 0 Å². The van der Waals surface area contributed by atoms with Crippen molar-refractivity contribution in [1.29, 1.82) is 0 Å². The Bertz CT molecular complexity index is 453. The summed E-state index contributed by atoms with van der Waals surface area (Å²) < 4.78 is 0. The Labute approximate surface area is 106 Å². The number of carbonyl (C=O) groups excluding carboxylic acids is 2. The van der Waals surface area contributed by atoms with Gasteiger partial charge in [0.2, 0.25) is 0 Å². The Kier molecular flexibility index (Phi) is 3.94. The number of hydrogen-bond donors (Lipinski definition) is 3. The first-order valence-corrected chi connectivity index (χ1v) is 6.07. The molecule has 1 heterocycles. The van der Waals surface area contributed by atoms with Gasteiger partial charge in [0, 0.05) is 5.56 Å². The van der Waals surface area contributed by atoms with Crippen LogP contribution in [0.5, 0.6) is 0 Å². The van der Waals surface area contributed by atoms with Crippen molar-refractivity contribution in [3.8, 4) is 0 Å². The summed E-state index contributed by atoms with van der Waals surface area (Å²) in [5.74, 6) is -0.478. The number of hydrogen-bond acceptors (Lipinski definition) is 3. The van der Waals surface area contributed by atoms with Crippen molar-refractivity contribution in [3.05, 3.63) is 35.4 Å². The Morgan fingerprint density at radius 1 is 1.28 bits per heavy atom. The van der Waals surface area contributed by atoms with Crippen LogP contribution in [0, 0.1) is 6.92 Å². The molecule has 1 atom stereocenters. The van der Waals surface area contributed by atoms with Crippen LogP contribution in [0.25, 0.3) is 0 Å². The van der Waals surface area contributed by atoms with E-state index in [0.29, 0.717) is 5.56 Å². The molecule has 1 fully saturated rings. The van der Waals surface area contributed by atoms with Gasteiger partial charge in [-0.25, -0.2) is 0 Å². The molecule has 1 aromatic carbocycles. The molecule has 0 aromatic heterocycles. The van der Waals surface area contributed by atoms with Crippen LogP contribution in [0.4, 0.5) is 0 Å². The summed E-state index contributed by atoms with van der Waals surface area (Å²) in [6.45, 7) is 2.71. The highest BCUT2D eigenvalue weighted by molar-refractivity contribution is 5.97. The number of hydrazine groups is 1. The minimum atomic E-state index is -0.292. The van der Waals surface area contributed by atoms with Gasteiger partial charge in [-0.2, -0.15) is 0 Å². The first kappa shape index (κ1) is 12.6. The van der Waals surface area contributed by atoms with Crippen LogP contribution in [-0.2, 0) is 4.79 Å². The fourth-order valence-electron chi connectivity index (χ4n) is 2.01. The normalized spacial score (nSPS) is 18.4. The number of benzene rings is 1. The van der Waals surface area contributed by atoms with E-state index in [2.05, 4.69) is 16.2 Å². The average Bonchev–Trinajstić information content (AvgIpc) is 2.90. The summed E-state index contributed by atoms with van der Waals surface area (Å²) in [6, 6.07) is 7.05. The van der Waals surface area contributed by atoms with Crippen molar-refractivity contribution < 1.29 is 9.59 Å². The largest absolute Gasteiger partial charge is 0.306 e. The molecule has 3 N–H and O–H groups in total. The third-order valence-corrected chi connectivity index (χ3v) is 3.07. The number of nitrogens with one attached hydrogen (secondary N) is 3. The van der Waals surface area contributed by atoms with Gasteiger partial charge in [-0.1, -0.05) is 18.2 Å². The van der Waals surface area contributed by atoms with Gasteiger partial charge >= 0.3 is 0 Å². The number of aryl methyl sites for hydroxylation is 1. The molecular weight excluding hydrogens is 230 g/mol. The van der Waals surface area contributed by atoms with Crippen LogP contribution >= 0.6 is 0 Å². The summed E-state index contributed by atoms with van der Waals surface area (Å²) in [6.07, 6.45) is 1.80. The molecule has 0 spiro atoms. The molecule has 2 amide bonds. The molecule has 5 heteroatoms. The topological polar surface area (TPSA) is 70.2 Å². The smallest absolute Gasteiger partial charge is 0.269 e. The van der Waals surface area contributed by atoms with Crippen molar-refractivity contribution in [2.45, 2.75) is 25.8 Å². The molecule has 1 saturated heterocycles. The van der Waals surface area contributed by atoms with E-state index in [1.165, 1.54) is 0 Å². The Morgan fingerprint density at radius 3 is 2.72 bits per heavy atom. The monoisotopic (exact) mass is 247 g/mol. The maximum atomic E-state index is 11.8. The molecular formula is C13H17N3O2. The number of carbonyl (C=O) groups is 2. The maximum absolute atomic E-state index is 11.8. The first-order chi connectivity index (χ1) is 8.68. The van der Waals surface area contributed by atoms with Crippen molar-refractivity contribution in [1.82, 2.24) is 16.2 Å². The van der Waals surface area contributed by atoms with Crippen molar-refractivity contribution in [2.24, 2.45) is 0 Å². The van der Waals surface area contributed by atoms with Crippen LogP contribution in [0.3, 0.4) is 0 Å². The van der Waals surface area contributed by atoms with Gasteiger partial charge in [-0.3, -0.25) is 20.4 Å². The van der Waals surface area contributed by atoms with Crippen molar-refractivity contribution in [3.63, 3.8) is 0 Å². The third kappa shape index (κ3) is 2.87. The Balaban J connectivity index is 1.88. The van der Waals surface area contributed by atoms with Gasteiger partial charge in [0.05, 0.1) is 6.04 Å². The molecule has 5 nitrogen and oxygen atoms in total. The lowest BCUT2D eigenvalue weighted by atomic mass is 10.1. The fraction of sp³-hybridized carbons (Fsp3) is 0.385. The second-order valence-electron chi connectivity index (χ2n) is 4.41.